The summed E-state index contributed by atoms with van der Waals surface area (Å²) in [6.45, 7) is -2.13. The third-order valence-corrected chi connectivity index (χ3v) is 1.16. The fourth-order valence-electron chi connectivity index (χ4n) is 0.585. The highest BCUT2D eigenvalue weighted by Gasteiger charge is 2.28. The first kappa shape index (κ1) is 12.5. The largest absolute Gasteiger partial charge is 0.480 e. The summed E-state index contributed by atoms with van der Waals surface area (Å²) in [6, 6.07) is -1.08. The fourth-order valence-corrected chi connectivity index (χ4v) is 0.585. The minimum atomic E-state index is -4.50. The number of aliphatic carboxylic acids is 1. The number of carboxylic acid groups (broad SMARTS) is 1. The number of carboxylic acids is 1. The Kier molecular flexibility index (Phi) is 4.19. The van der Waals surface area contributed by atoms with Crippen LogP contribution in [0.2, 0.25) is 0 Å². The van der Waals surface area contributed by atoms with Crippen molar-refractivity contribution in [3.63, 3.8) is 0 Å². The zero-order chi connectivity index (χ0) is 11.4. The molecule has 0 aliphatic carbocycles. The number of likely N-dealkylation sites (N-methyl/N-ethyl adjacent to an activating group) is 1. The van der Waals surface area contributed by atoms with Crippen LogP contribution >= 0.6 is 0 Å². The predicted molar refractivity (Wildman–Crippen MR) is 39.7 cm³/mol. The van der Waals surface area contributed by atoms with Crippen LogP contribution < -0.4 is 5.32 Å². The van der Waals surface area contributed by atoms with Crippen LogP contribution in [0.5, 0.6) is 0 Å². The monoisotopic (exact) mass is 214 g/mol. The number of nitrogens with one attached hydrogen (secondary N) is 1. The molecule has 0 unspecified atom stereocenters. The number of amides is 2. The second kappa shape index (κ2) is 4.68. The third-order valence-electron chi connectivity index (χ3n) is 1.16. The molecule has 0 saturated carbocycles. The maximum absolute atomic E-state index is 11.6. The van der Waals surface area contributed by atoms with Crippen LogP contribution in [-0.4, -0.2) is 48.3 Å². The highest BCUT2D eigenvalue weighted by molar-refractivity contribution is 5.79. The van der Waals surface area contributed by atoms with E-state index in [0.29, 0.717) is 4.90 Å². The molecule has 0 aromatic carbocycles. The van der Waals surface area contributed by atoms with E-state index in [-0.39, 0.29) is 0 Å². The summed E-state index contributed by atoms with van der Waals surface area (Å²) in [6.07, 6.45) is -4.50. The van der Waals surface area contributed by atoms with Crippen molar-refractivity contribution in [3.05, 3.63) is 0 Å². The van der Waals surface area contributed by atoms with Gasteiger partial charge in [0.15, 0.2) is 0 Å². The molecule has 0 heterocycles. The molecule has 0 bridgehead atoms. The zero-order valence-corrected chi connectivity index (χ0v) is 7.26. The molecule has 0 radical (unpaired) electrons. The van der Waals surface area contributed by atoms with Crippen molar-refractivity contribution in [1.29, 1.82) is 0 Å². The first-order valence-corrected chi connectivity index (χ1v) is 3.50. The van der Waals surface area contributed by atoms with Crippen LogP contribution in [0.4, 0.5) is 18.0 Å². The lowest BCUT2D eigenvalue weighted by atomic mass is 10.5. The second-order valence-corrected chi connectivity index (χ2v) is 2.52. The highest BCUT2D eigenvalue weighted by Crippen LogP contribution is 2.12. The molecule has 0 aliphatic heterocycles. The van der Waals surface area contributed by atoms with Crippen LogP contribution in [0.15, 0.2) is 0 Å². The van der Waals surface area contributed by atoms with Gasteiger partial charge in [0, 0.05) is 7.05 Å². The summed E-state index contributed by atoms with van der Waals surface area (Å²) in [5.41, 5.74) is 0. The van der Waals surface area contributed by atoms with Gasteiger partial charge in [-0.25, -0.2) is 4.79 Å². The van der Waals surface area contributed by atoms with Crippen molar-refractivity contribution in [1.82, 2.24) is 10.2 Å². The fraction of sp³-hybridized carbons (Fsp3) is 0.667. The number of halogens is 3. The minimum absolute atomic E-state index is 0.633. The van der Waals surface area contributed by atoms with Gasteiger partial charge < -0.3 is 15.3 Å². The number of carbonyl (C=O) groups is 2. The van der Waals surface area contributed by atoms with Gasteiger partial charge in [-0.15, -0.1) is 0 Å². The van der Waals surface area contributed by atoms with Gasteiger partial charge in [0.25, 0.3) is 0 Å². The van der Waals surface area contributed by atoms with Gasteiger partial charge in [-0.1, -0.05) is 0 Å². The molecule has 0 fully saturated rings. The molecule has 0 aliphatic rings. The topological polar surface area (TPSA) is 69.6 Å². The zero-order valence-electron chi connectivity index (χ0n) is 7.26. The normalized spacial score (nSPS) is 10.9. The van der Waals surface area contributed by atoms with Crippen LogP contribution in [-0.2, 0) is 4.79 Å². The van der Waals surface area contributed by atoms with E-state index < -0.39 is 31.3 Å². The molecule has 82 valence electrons. The Balaban J connectivity index is 3.91. The van der Waals surface area contributed by atoms with E-state index >= 15 is 0 Å². The summed E-state index contributed by atoms with van der Waals surface area (Å²) in [5, 5.41) is 9.74. The van der Waals surface area contributed by atoms with Gasteiger partial charge in [-0.3, -0.25) is 4.79 Å². The Morgan fingerprint density at radius 1 is 1.43 bits per heavy atom. The van der Waals surface area contributed by atoms with Gasteiger partial charge in [-0.2, -0.15) is 13.2 Å². The van der Waals surface area contributed by atoms with E-state index in [0.717, 1.165) is 7.05 Å². The van der Waals surface area contributed by atoms with Crippen molar-refractivity contribution < 1.29 is 27.9 Å². The van der Waals surface area contributed by atoms with Crippen LogP contribution in [0, 0.1) is 0 Å². The Bertz CT molecular complexity index is 229. The molecule has 14 heavy (non-hydrogen) atoms. The molecule has 0 aromatic heterocycles. The second-order valence-electron chi connectivity index (χ2n) is 2.52. The van der Waals surface area contributed by atoms with E-state index in [1.807, 2.05) is 0 Å². The third kappa shape index (κ3) is 6.09. The summed E-state index contributed by atoms with van der Waals surface area (Å²) in [4.78, 5) is 21.5. The number of carbonyl (C=O) groups excluding carboxylic acids is 1. The van der Waals surface area contributed by atoms with Gasteiger partial charge in [0.1, 0.15) is 13.1 Å². The van der Waals surface area contributed by atoms with Crippen molar-refractivity contribution in [2.75, 3.05) is 20.1 Å². The lowest BCUT2D eigenvalue weighted by Gasteiger charge is -2.16. The maximum Gasteiger partial charge on any atom is 0.405 e. The number of urea groups is 1. The molecule has 0 aromatic rings. The number of rotatable bonds is 3. The van der Waals surface area contributed by atoms with Gasteiger partial charge in [-0.05, 0) is 0 Å². The standard InChI is InChI=1S/C6H9F3N2O3/c1-11(2-4(12)13)5(14)10-3-6(7,8)9/h2-3H2,1H3,(H,10,14)(H,12,13). The molecule has 0 atom stereocenters. The van der Waals surface area contributed by atoms with E-state index in [9.17, 15) is 22.8 Å². The highest BCUT2D eigenvalue weighted by atomic mass is 19.4. The van der Waals surface area contributed by atoms with E-state index in [4.69, 9.17) is 5.11 Å². The average Bonchev–Trinajstić information content (AvgIpc) is 1.97. The molecule has 0 spiro atoms. The van der Waals surface area contributed by atoms with E-state index in [1.165, 1.54) is 5.32 Å². The molecular weight excluding hydrogens is 205 g/mol. The van der Waals surface area contributed by atoms with Gasteiger partial charge in [0.05, 0.1) is 0 Å². The summed E-state index contributed by atoms with van der Waals surface area (Å²) in [5.74, 6) is -1.30. The van der Waals surface area contributed by atoms with Gasteiger partial charge >= 0.3 is 18.2 Å². The summed E-state index contributed by atoms with van der Waals surface area (Å²) >= 11 is 0. The van der Waals surface area contributed by atoms with E-state index in [1.54, 1.807) is 0 Å². The predicted octanol–water partition coefficient (Wildman–Crippen LogP) is 0.275. The van der Waals surface area contributed by atoms with Crippen LogP contribution in [0.1, 0.15) is 0 Å². The Morgan fingerprint density at radius 2 is 1.93 bits per heavy atom. The average molecular weight is 214 g/mol. The van der Waals surface area contributed by atoms with Crippen LogP contribution in [0.25, 0.3) is 0 Å². The Labute approximate surface area is 77.5 Å². The molecule has 0 saturated heterocycles. The van der Waals surface area contributed by atoms with Crippen molar-refractivity contribution in [3.8, 4) is 0 Å². The quantitative estimate of drug-likeness (QED) is 0.708. The van der Waals surface area contributed by atoms with Crippen molar-refractivity contribution in [2.45, 2.75) is 6.18 Å². The molecular formula is C6H9F3N2O3. The number of hydrogen-bond donors (Lipinski definition) is 2. The van der Waals surface area contributed by atoms with Gasteiger partial charge in [0.2, 0.25) is 0 Å². The number of hydrogen-bond acceptors (Lipinski definition) is 2. The molecule has 8 heteroatoms. The molecule has 0 rings (SSSR count). The first-order valence-electron chi connectivity index (χ1n) is 3.50. The SMILES string of the molecule is CN(CC(=O)O)C(=O)NCC(F)(F)F. The van der Waals surface area contributed by atoms with E-state index in [2.05, 4.69) is 0 Å². The lowest BCUT2D eigenvalue weighted by Crippen LogP contribution is -2.43. The van der Waals surface area contributed by atoms with Crippen molar-refractivity contribution in [2.24, 2.45) is 0 Å². The Morgan fingerprint density at radius 3 is 2.29 bits per heavy atom. The maximum atomic E-state index is 11.6. The minimum Gasteiger partial charge on any atom is -0.480 e. The van der Waals surface area contributed by atoms with Crippen molar-refractivity contribution >= 4 is 12.0 Å². The Hall–Kier alpha value is -1.47. The summed E-state index contributed by atoms with van der Waals surface area (Å²) < 4.78 is 34.8. The van der Waals surface area contributed by atoms with Crippen LogP contribution in [0.3, 0.4) is 0 Å². The smallest absolute Gasteiger partial charge is 0.405 e. The summed E-state index contributed by atoms with van der Waals surface area (Å²) in [7, 11) is 1.08. The number of alkyl halides is 3. The molecule has 5 nitrogen and oxygen atoms in total. The lowest BCUT2D eigenvalue weighted by molar-refractivity contribution is -0.137. The molecule has 2 amide bonds. The molecule has 2 N–H and O–H groups in total. The number of nitrogens with zero attached hydrogens (tertiary/aromatic N) is 1. The first-order chi connectivity index (χ1) is 6.22.